The number of carbonyl (C=O) groups is 1. The van der Waals surface area contributed by atoms with Gasteiger partial charge >= 0.3 is 0 Å². The van der Waals surface area contributed by atoms with Gasteiger partial charge in [0.1, 0.15) is 5.76 Å². The number of fused-ring (bicyclic) bond motifs is 2. The van der Waals surface area contributed by atoms with Gasteiger partial charge in [-0.3, -0.25) is 4.79 Å². The van der Waals surface area contributed by atoms with Crippen LogP contribution in [0.3, 0.4) is 0 Å². The molecule has 2 bridgehead atoms. The predicted molar refractivity (Wildman–Crippen MR) is 71.4 cm³/mol. The molecule has 4 heteroatoms. The Morgan fingerprint density at radius 2 is 2.05 bits per heavy atom. The Labute approximate surface area is 116 Å². The van der Waals surface area contributed by atoms with Gasteiger partial charge in [-0.2, -0.15) is 0 Å². The molecule has 102 valence electrons. The number of ether oxygens (including phenoxy) is 1. The number of hydrogen-bond acceptors (Lipinski definition) is 4. The number of phenolic OH excluding ortho intramolecular Hbond substituents is 2. The van der Waals surface area contributed by atoms with Crippen molar-refractivity contribution in [1.82, 2.24) is 0 Å². The third-order valence-corrected chi connectivity index (χ3v) is 4.52. The summed E-state index contributed by atoms with van der Waals surface area (Å²) < 4.78 is 5.78. The second kappa shape index (κ2) is 3.66. The molecule has 2 aliphatic carbocycles. The number of benzene rings is 1. The van der Waals surface area contributed by atoms with Gasteiger partial charge in [0.15, 0.2) is 17.3 Å². The molecule has 1 fully saturated rings. The van der Waals surface area contributed by atoms with Crippen LogP contribution < -0.4 is 0 Å². The second-order valence-corrected chi connectivity index (χ2v) is 5.80. The first-order chi connectivity index (χ1) is 9.58. The van der Waals surface area contributed by atoms with Gasteiger partial charge in [-0.15, -0.1) is 0 Å². The Bertz CT molecular complexity index is 686. The molecule has 20 heavy (non-hydrogen) atoms. The number of carbonyl (C=O) groups excluding carboxylic acids is 1. The van der Waals surface area contributed by atoms with E-state index in [1.807, 2.05) is 6.08 Å². The summed E-state index contributed by atoms with van der Waals surface area (Å²) in [6, 6.07) is 3.23. The molecule has 3 aliphatic rings. The summed E-state index contributed by atoms with van der Waals surface area (Å²) in [5.41, 5.74) is 1.48. The highest BCUT2D eigenvalue weighted by molar-refractivity contribution is 6.01. The fourth-order valence-electron chi connectivity index (χ4n) is 3.65. The minimum Gasteiger partial charge on any atom is -0.504 e. The molecule has 1 aromatic carbocycles. The lowest BCUT2D eigenvalue weighted by molar-refractivity contribution is -0.111. The zero-order valence-corrected chi connectivity index (χ0v) is 10.8. The van der Waals surface area contributed by atoms with E-state index in [1.54, 1.807) is 18.2 Å². The van der Waals surface area contributed by atoms with Crippen LogP contribution in [0.25, 0.3) is 0 Å². The fraction of sp³-hybridized carbons (Fsp3) is 0.312. The minimum atomic E-state index is -0.463. The maximum Gasteiger partial charge on any atom is 0.181 e. The van der Waals surface area contributed by atoms with Crippen LogP contribution in [-0.2, 0) is 21.4 Å². The first-order valence-corrected chi connectivity index (χ1v) is 6.72. The summed E-state index contributed by atoms with van der Waals surface area (Å²) in [6.07, 6.45) is 6.68. The van der Waals surface area contributed by atoms with E-state index >= 15 is 0 Å². The van der Waals surface area contributed by atoms with Crippen molar-refractivity contribution in [3.63, 3.8) is 0 Å². The van der Waals surface area contributed by atoms with E-state index in [0.717, 1.165) is 24.0 Å². The lowest BCUT2D eigenvalue weighted by Gasteiger charge is -2.46. The van der Waals surface area contributed by atoms with Crippen LogP contribution in [0.1, 0.15) is 17.5 Å². The standard InChI is InChI=1S/C16H14O4/c17-11-1-2-16-7-9(8-20-15(16)5-11)3-10-4-13(18)14(19)6-12(10)16/h1-2,4-6,9,18-19H,3,7-8H2/t9-,16-/m1/s1. The van der Waals surface area contributed by atoms with Gasteiger partial charge in [-0.05, 0) is 48.1 Å². The molecule has 2 atom stereocenters. The van der Waals surface area contributed by atoms with Gasteiger partial charge in [-0.25, -0.2) is 0 Å². The molecule has 0 radical (unpaired) electrons. The van der Waals surface area contributed by atoms with Gasteiger partial charge in [0.2, 0.25) is 0 Å². The summed E-state index contributed by atoms with van der Waals surface area (Å²) in [6.45, 7) is 0.593. The van der Waals surface area contributed by atoms with Gasteiger partial charge in [0.05, 0.1) is 12.0 Å². The van der Waals surface area contributed by atoms with E-state index in [1.165, 1.54) is 6.08 Å². The highest BCUT2D eigenvalue weighted by atomic mass is 16.5. The third-order valence-electron chi connectivity index (χ3n) is 4.52. The van der Waals surface area contributed by atoms with Crippen LogP contribution >= 0.6 is 0 Å². The molecule has 1 aromatic rings. The number of phenols is 2. The van der Waals surface area contributed by atoms with Crippen molar-refractivity contribution >= 4 is 5.78 Å². The monoisotopic (exact) mass is 270 g/mol. The Hall–Kier alpha value is -2.23. The Morgan fingerprint density at radius 3 is 2.90 bits per heavy atom. The lowest BCUT2D eigenvalue weighted by atomic mass is 9.62. The molecular weight excluding hydrogens is 256 g/mol. The molecular formula is C16H14O4. The first-order valence-electron chi connectivity index (χ1n) is 6.72. The summed E-state index contributed by atoms with van der Waals surface area (Å²) in [7, 11) is 0. The molecule has 0 amide bonds. The van der Waals surface area contributed by atoms with Crippen LogP contribution in [0.5, 0.6) is 11.5 Å². The fourth-order valence-corrected chi connectivity index (χ4v) is 3.65. The van der Waals surface area contributed by atoms with E-state index in [2.05, 4.69) is 0 Å². The molecule has 4 nitrogen and oxygen atoms in total. The normalized spacial score (nSPS) is 30.1. The molecule has 1 aliphatic heterocycles. The van der Waals surface area contributed by atoms with Crippen molar-refractivity contribution in [2.45, 2.75) is 18.3 Å². The van der Waals surface area contributed by atoms with Crippen LogP contribution in [0.4, 0.5) is 0 Å². The van der Waals surface area contributed by atoms with Gasteiger partial charge in [-0.1, -0.05) is 6.08 Å². The average Bonchev–Trinajstić information content (AvgIpc) is 2.42. The number of aromatic hydroxyl groups is 2. The van der Waals surface area contributed by atoms with E-state index in [0.29, 0.717) is 18.3 Å². The maximum absolute atomic E-state index is 11.6. The highest BCUT2D eigenvalue weighted by Gasteiger charge is 2.48. The molecule has 1 spiro atoms. The van der Waals surface area contributed by atoms with Crippen molar-refractivity contribution in [1.29, 1.82) is 0 Å². The summed E-state index contributed by atoms with van der Waals surface area (Å²) >= 11 is 0. The van der Waals surface area contributed by atoms with Crippen LogP contribution in [0.15, 0.2) is 36.1 Å². The predicted octanol–water partition coefficient (Wildman–Crippen LogP) is 1.95. The maximum atomic E-state index is 11.6. The van der Waals surface area contributed by atoms with E-state index in [4.69, 9.17) is 4.74 Å². The first kappa shape index (κ1) is 11.6. The van der Waals surface area contributed by atoms with Crippen LogP contribution in [-0.4, -0.2) is 22.6 Å². The van der Waals surface area contributed by atoms with Crippen molar-refractivity contribution in [2.24, 2.45) is 5.92 Å². The second-order valence-electron chi connectivity index (χ2n) is 5.80. The van der Waals surface area contributed by atoms with E-state index < -0.39 is 5.41 Å². The van der Waals surface area contributed by atoms with Crippen molar-refractivity contribution < 1.29 is 19.7 Å². The number of rotatable bonds is 0. The zero-order chi connectivity index (χ0) is 13.9. The van der Waals surface area contributed by atoms with Crippen molar-refractivity contribution in [3.05, 3.63) is 47.2 Å². The Morgan fingerprint density at radius 1 is 1.25 bits per heavy atom. The Kier molecular flexibility index (Phi) is 2.12. The molecule has 0 unspecified atom stereocenters. The molecule has 2 N–H and O–H groups in total. The molecule has 1 saturated heterocycles. The number of ketones is 1. The highest BCUT2D eigenvalue weighted by Crippen LogP contribution is 2.52. The molecule has 1 heterocycles. The van der Waals surface area contributed by atoms with Crippen molar-refractivity contribution in [2.75, 3.05) is 6.61 Å². The van der Waals surface area contributed by atoms with Crippen molar-refractivity contribution in [3.8, 4) is 11.5 Å². The van der Waals surface area contributed by atoms with Gasteiger partial charge < -0.3 is 14.9 Å². The minimum absolute atomic E-state index is 0.0702. The van der Waals surface area contributed by atoms with E-state index in [-0.39, 0.29) is 17.3 Å². The van der Waals surface area contributed by atoms with Gasteiger partial charge in [0.25, 0.3) is 0 Å². The lowest BCUT2D eigenvalue weighted by Crippen LogP contribution is -2.43. The zero-order valence-electron chi connectivity index (χ0n) is 10.8. The summed E-state index contributed by atoms with van der Waals surface area (Å²) in [4.78, 5) is 11.6. The summed E-state index contributed by atoms with van der Waals surface area (Å²) in [5, 5.41) is 19.5. The average molecular weight is 270 g/mol. The van der Waals surface area contributed by atoms with Crippen LogP contribution in [0, 0.1) is 5.92 Å². The smallest absolute Gasteiger partial charge is 0.181 e. The number of hydrogen-bond donors (Lipinski definition) is 2. The topological polar surface area (TPSA) is 66.8 Å². The SMILES string of the molecule is O=C1C=C[C@]23C[C@H](COC2=C1)Cc1cc(O)c(O)cc13. The number of allylic oxidation sites excluding steroid dienone is 3. The molecule has 0 aromatic heterocycles. The summed E-state index contributed by atoms with van der Waals surface area (Å²) in [5.74, 6) is 0.724. The molecule has 0 saturated carbocycles. The molecule has 4 rings (SSSR count). The van der Waals surface area contributed by atoms with Gasteiger partial charge in [0, 0.05) is 6.08 Å². The van der Waals surface area contributed by atoms with E-state index in [9.17, 15) is 15.0 Å². The Balaban J connectivity index is 1.98. The third kappa shape index (κ3) is 1.39. The quantitative estimate of drug-likeness (QED) is 0.707. The van der Waals surface area contributed by atoms with Crippen LogP contribution in [0.2, 0.25) is 0 Å². The largest absolute Gasteiger partial charge is 0.504 e.